The third kappa shape index (κ3) is 38.7. The predicted octanol–water partition coefficient (Wildman–Crippen LogP) is -0.798. The van der Waals surface area contributed by atoms with Crippen molar-refractivity contribution in [3.05, 3.63) is 0 Å². The molecule has 0 amide bonds. The molecule has 0 aliphatic heterocycles. The van der Waals surface area contributed by atoms with Gasteiger partial charge in [-0.1, -0.05) is 0 Å². The Morgan fingerprint density at radius 1 is 1.50 bits per heavy atom. The van der Waals surface area contributed by atoms with Crippen molar-refractivity contribution in [2.24, 2.45) is 0 Å². The van der Waals surface area contributed by atoms with Crippen LogP contribution in [0.2, 0.25) is 0 Å². The predicted molar refractivity (Wildman–Crippen MR) is 21.4 cm³/mol. The summed E-state index contributed by atoms with van der Waals surface area (Å²) in [6, 6.07) is 0. The molecule has 0 bridgehead atoms. The van der Waals surface area contributed by atoms with E-state index in [0.717, 1.165) is 0 Å². The fraction of sp³-hybridized carbons (Fsp3) is 0. The van der Waals surface area contributed by atoms with E-state index < -0.39 is 8.25 Å². The Morgan fingerprint density at radius 3 is 1.50 bits per heavy atom. The molecule has 0 fully saturated rings. The quantitative estimate of drug-likeness (QED) is 0.378. The molecule has 0 aliphatic carbocycles. The summed E-state index contributed by atoms with van der Waals surface area (Å²) in [4.78, 5) is 14.3. The van der Waals surface area contributed by atoms with Gasteiger partial charge < -0.3 is 12.6 Å². The van der Waals surface area contributed by atoms with Crippen molar-refractivity contribution < 1.29 is 34.3 Å². The number of rotatable bonds is 0. The van der Waals surface area contributed by atoms with Crippen LogP contribution in [0.25, 0.3) is 0 Å². The van der Waals surface area contributed by atoms with Crippen LogP contribution >= 0.6 is 8.25 Å². The minimum Gasteiger partial charge on any atom is -1.00 e. The molecular weight excluding hydrogens is 174 g/mol. The Hall–Kier alpha value is 1.93. The van der Waals surface area contributed by atoms with Gasteiger partial charge in [-0.2, -0.15) is 0 Å². The first-order chi connectivity index (χ1) is 1.73. The molecule has 37 valence electrons. The van der Waals surface area contributed by atoms with Crippen molar-refractivity contribution in [1.82, 2.24) is 0 Å². The monoisotopic (exact) mass is 179 g/mol. The minimum absolute atomic E-state index is 0. The zero-order chi connectivity index (χ0) is 3.58. The van der Waals surface area contributed by atoms with E-state index in [0.29, 0.717) is 0 Å². The van der Waals surface area contributed by atoms with Gasteiger partial charge in [0.25, 0.3) is 0 Å². The van der Waals surface area contributed by atoms with Crippen LogP contribution in [0.1, 0.15) is 2.85 Å². The molecule has 0 aliphatic rings. The molecule has 0 aromatic carbocycles. The van der Waals surface area contributed by atoms with Crippen LogP contribution in [-0.4, -0.2) is 47.5 Å². The zero-order valence-electron chi connectivity index (χ0n) is 4.89. The van der Waals surface area contributed by atoms with Crippen LogP contribution in [0, 0.1) is 0 Å². The second-order valence-corrected chi connectivity index (χ2v) is 0.848. The summed E-state index contributed by atoms with van der Waals surface area (Å²) in [6.45, 7) is 0. The Kier molecular flexibility index (Phi) is 26.2. The van der Waals surface area contributed by atoms with E-state index >= 15 is 0 Å². The Labute approximate surface area is 79.5 Å². The molecule has 6 heteroatoms. The first kappa shape index (κ1) is 15.7. The molecule has 6 heavy (non-hydrogen) atoms. The third-order valence-corrected chi connectivity index (χ3v) is 0. The van der Waals surface area contributed by atoms with Crippen LogP contribution in [0.15, 0.2) is 0 Å². The van der Waals surface area contributed by atoms with Gasteiger partial charge in [0.1, 0.15) is 0 Å². The zero-order valence-corrected chi connectivity index (χ0v) is 7.28. The number of hydrogen-bond acceptors (Lipinski definition) is 1. The van der Waals surface area contributed by atoms with Crippen molar-refractivity contribution in [2.75, 3.05) is 0 Å². The molecule has 0 unspecified atom stereocenters. The van der Waals surface area contributed by atoms with Gasteiger partial charge in [0.2, 0.25) is 0 Å². The first-order valence-corrected chi connectivity index (χ1v) is 1.95. The molecule has 0 rings (SSSR count). The molecule has 0 aromatic heterocycles. The van der Waals surface area contributed by atoms with E-state index in [1.165, 1.54) is 0 Å². The van der Waals surface area contributed by atoms with Crippen LogP contribution in [0.4, 0.5) is 0 Å². The summed E-state index contributed by atoms with van der Waals surface area (Å²) in [6.07, 6.45) is 0. The van der Waals surface area contributed by atoms with Crippen molar-refractivity contribution >= 4 is 46.0 Å². The van der Waals surface area contributed by atoms with E-state index in [9.17, 15) is 0 Å². The van der Waals surface area contributed by atoms with E-state index in [1.807, 2.05) is 0 Å². The minimum atomic E-state index is -3.13. The molecule has 1 radical (unpaired) electrons. The van der Waals surface area contributed by atoms with Gasteiger partial charge in [-0.15, -0.1) is 0 Å². The second-order valence-electron chi connectivity index (χ2n) is 0.283. The summed E-state index contributed by atoms with van der Waals surface area (Å²) < 4.78 is 8.74. The SMILES string of the molecule is O=[PH](O)O.[Ca+2].[H-].[H-].[Mn]. The molecule has 0 heterocycles. The molecular formula is H5CaMnO3P. The molecule has 2 N–H and O–H groups in total. The van der Waals surface area contributed by atoms with E-state index in [4.69, 9.17) is 14.4 Å². The van der Waals surface area contributed by atoms with Gasteiger partial charge in [-0.3, -0.25) is 4.57 Å². The fourth-order valence-electron chi connectivity index (χ4n) is 0. The second kappa shape index (κ2) is 10.0. The average Bonchev–Trinajstić information content (AvgIpc) is 0.811. The van der Waals surface area contributed by atoms with Crippen LogP contribution < -0.4 is 0 Å². The normalized spacial score (nSPS) is 5.83. The topological polar surface area (TPSA) is 57.5 Å². The van der Waals surface area contributed by atoms with Crippen molar-refractivity contribution in [3.8, 4) is 0 Å². The third-order valence-electron chi connectivity index (χ3n) is 0. The van der Waals surface area contributed by atoms with E-state index in [2.05, 4.69) is 0 Å². The van der Waals surface area contributed by atoms with Gasteiger partial charge in [0.05, 0.1) is 0 Å². The maximum Gasteiger partial charge on any atom is 2.00 e. The summed E-state index contributed by atoms with van der Waals surface area (Å²) in [5, 5.41) is 0. The number of hydrogen-bond donors (Lipinski definition) is 2. The van der Waals surface area contributed by atoms with Crippen LogP contribution in [0.5, 0.6) is 0 Å². The van der Waals surface area contributed by atoms with Gasteiger partial charge in [-0.05, 0) is 0 Å². The standard InChI is InChI=1S/Ca.Mn.H3O3P.2H/c;;1-4(2)3;;/h;;4H,(H2,1,2,3);;/q+2;;;2*-1. The van der Waals surface area contributed by atoms with Gasteiger partial charge in [0.15, 0.2) is 0 Å². The molecule has 0 aromatic rings. The smallest absolute Gasteiger partial charge is 1.00 e. The Bertz CT molecular complexity index is 40.3. The summed E-state index contributed by atoms with van der Waals surface area (Å²) in [5.41, 5.74) is 0. The molecule has 0 saturated carbocycles. The Balaban J connectivity index is -0.00000000750. The fourth-order valence-corrected chi connectivity index (χ4v) is 0. The first-order valence-electron chi connectivity index (χ1n) is 0.651. The largest absolute Gasteiger partial charge is 2.00 e. The maximum absolute atomic E-state index is 8.74. The van der Waals surface area contributed by atoms with Gasteiger partial charge in [-0.25, -0.2) is 0 Å². The van der Waals surface area contributed by atoms with Crippen LogP contribution in [-0.2, 0) is 21.6 Å². The molecule has 3 nitrogen and oxygen atoms in total. The summed E-state index contributed by atoms with van der Waals surface area (Å²) in [5.74, 6) is 0. The van der Waals surface area contributed by atoms with Crippen molar-refractivity contribution in [3.63, 3.8) is 0 Å². The van der Waals surface area contributed by atoms with Crippen molar-refractivity contribution in [2.45, 2.75) is 0 Å². The van der Waals surface area contributed by atoms with Crippen molar-refractivity contribution in [1.29, 1.82) is 0 Å². The van der Waals surface area contributed by atoms with Crippen LogP contribution in [0.3, 0.4) is 0 Å². The van der Waals surface area contributed by atoms with E-state index in [1.54, 1.807) is 0 Å². The summed E-state index contributed by atoms with van der Waals surface area (Å²) in [7, 11) is -3.13. The Morgan fingerprint density at radius 2 is 1.50 bits per heavy atom. The van der Waals surface area contributed by atoms with Gasteiger partial charge in [0, 0.05) is 17.1 Å². The summed E-state index contributed by atoms with van der Waals surface area (Å²) >= 11 is 0. The average molecular weight is 179 g/mol. The molecule has 0 spiro atoms. The van der Waals surface area contributed by atoms with Gasteiger partial charge >= 0.3 is 46.0 Å². The maximum atomic E-state index is 8.74. The molecule has 0 atom stereocenters. The molecule has 0 saturated heterocycles. The van der Waals surface area contributed by atoms with E-state index in [-0.39, 0.29) is 57.7 Å².